The molecule has 0 unspecified atom stereocenters. The molecule has 0 aromatic heterocycles. The van der Waals surface area contributed by atoms with Crippen LogP contribution in [0.15, 0.2) is 18.2 Å². The van der Waals surface area contributed by atoms with Gasteiger partial charge in [-0.05, 0) is 80.0 Å². The first kappa shape index (κ1) is 16.6. The summed E-state index contributed by atoms with van der Waals surface area (Å²) in [6.45, 7) is 4.28. The first-order valence-corrected chi connectivity index (χ1v) is 9.53. The fourth-order valence-electron chi connectivity index (χ4n) is 5.64. The highest BCUT2D eigenvalue weighted by molar-refractivity contribution is 5.87. The number of carbonyl (C=O) groups is 2. The van der Waals surface area contributed by atoms with Crippen molar-refractivity contribution < 1.29 is 19.1 Å². The minimum absolute atomic E-state index is 0.0777. The number of ketones is 1. The van der Waals surface area contributed by atoms with E-state index >= 15 is 0 Å². The van der Waals surface area contributed by atoms with Gasteiger partial charge < -0.3 is 9.47 Å². The second kappa shape index (κ2) is 6.15. The van der Waals surface area contributed by atoms with Crippen LogP contribution in [0.4, 0.5) is 4.79 Å². The fourth-order valence-corrected chi connectivity index (χ4v) is 5.64. The summed E-state index contributed by atoms with van der Waals surface area (Å²) in [5.74, 6) is 2.76. The normalized spacial score (nSPS) is 33.2. The van der Waals surface area contributed by atoms with Crippen LogP contribution >= 0.6 is 0 Å². The molecule has 0 saturated heterocycles. The number of aryl methyl sites for hydroxylation is 1. The van der Waals surface area contributed by atoms with Gasteiger partial charge in [-0.15, -0.1) is 0 Å². The summed E-state index contributed by atoms with van der Waals surface area (Å²) in [5, 5.41) is 0. The predicted octanol–water partition coefficient (Wildman–Crippen LogP) is 4.65. The Morgan fingerprint density at radius 2 is 2.08 bits per heavy atom. The molecule has 0 amide bonds. The van der Waals surface area contributed by atoms with E-state index in [1.54, 1.807) is 6.92 Å². The van der Waals surface area contributed by atoms with E-state index in [1.165, 1.54) is 11.1 Å². The summed E-state index contributed by atoms with van der Waals surface area (Å²) in [6, 6.07) is 6.00. The van der Waals surface area contributed by atoms with Gasteiger partial charge in [-0.3, -0.25) is 4.79 Å². The Balaban J connectivity index is 1.57. The zero-order valence-electron chi connectivity index (χ0n) is 15.0. The number of carbonyl (C=O) groups excluding carboxylic acids is 2. The first-order chi connectivity index (χ1) is 12.0. The lowest BCUT2D eigenvalue weighted by atomic mass is 9.55. The van der Waals surface area contributed by atoms with Crippen molar-refractivity contribution in [2.75, 3.05) is 6.61 Å². The van der Waals surface area contributed by atoms with Crippen LogP contribution in [0, 0.1) is 17.3 Å². The fraction of sp³-hybridized carbons (Fsp3) is 0.619. The number of hydrogen-bond acceptors (Lipinski definition) is 4. The lowest BCUT2D eigenvalue weighted by Crippen LogP contribution is -2.42. The van der Waals surface area contributed by atoms with Crippen LogP contribution in [0.3, 0.4) is 0 Å². The average Bonchev–Trinajstić information content (AvgIpc) is 2.90. The Morgan fingerprint density at radius 1 is 1.24 bits per heavy atom. The van der Waals surface area contributed by atoms with Gasteiger partial charge in [0.2, 0.25) is 0 Å². The van der Waals surface area contributed by atoms with Crippen molar-refractivity contribution in [1.29, 1.82) is 0 Å². The van der Waals surface area contributed by atoms with E-state index in [0.717, 1.165) is 38.5 Å². The maximum Gasteiger partial charge on any atom is 0.513 e. The van der Waals surface area contributed by atoms with Crippen LogP contribution in [-0.4, -0.2) is 18.5 Å². The summed E-state index contributed by atoms with van der Waals surface area (Å²) in [6.07, 6.45) is 5.42. The lowest BCUT2D eigenvalue weighted by molar-refractivity contribution is -0.129. The molecule has 2 saturated carbocycles. The molecule has 4 atom stereocenters. The molecule has 134 valence electrons. The lowest BCUT2D eigenvalue weighted by Gasteiger charge is -2.48. The Kier molecular flexibility index (Phi) is 4.09. The third kappa shape index (κ3) is 2.66. The molecule has 0 heterocycles. The van der Waals surface area contributed by atoms with Crippen molar-refractivity contribution in [3.63, 3.8) is 0 Å². The average molecular weight is 342 g/mol. The van der Waals surface area contributed by atoms with Gasteiger partial charge >= 0.3 is 6.16 Å². The van der Waals surface area contributed by atoms with Crippen LogP contribution in [0.1, 0.15) is 63.0 Å². The van der Waals surface area contributed by atoms with E-state index in [4.69, 9.17) is 9.47 Å². The molecule has 4 rings (SSSR count). The van der Waals surface area contributed by atoms with E-state index in [9.17, 15) is 9.59 Å². The molecule has 0 spiro atoms. The Hall–Kier alpha value is -1.84. The highest BCUT2D eigenvalue weighted by atomic mass is 16.7. The van der Waals surface area contributed by atoms with Crippen LogP contribution in [0.2, 0.25) is 0 Å². The molecule has 4 heteroatoms. The predicted molar refractivity (Wildman–Crippen MR) is 93.7 cm³/mol. The highest BCUT2D eigenvalue weighted by Crippen LogP contribution is 2.59. The molecule has 0 radical (unpaired) electrons. The van der Waals surface area contributed by atoms with Gasteiger partial charge in [0, 0.05) is 11.8 Å². The SMILES string of the molecule is CCOC(=O)Oc1ccc2c(c1)CC[C@H]1[C@H]3CCC(=O)[C@@]3(C)CC[C@@H]21. The Labute approximate surface area is 148 Å². The van der Waals surface area contributed by atoms with E-state index in [-0.39, 0.29) is 5.41 Å². The van der Waals surface area contributed by atoms with E-state index in [0.29, 0.717) is 35.9 Å². The molecule has 1 aromatic carbocycles. The van der Waals surface area contributed by atoms with Crippen molar-refractivity contribution in [1.82, 2.24) is 0 Å². The van der Waals surface area contributed by atoms with Crippen LogP contribution in [0.25, 0.3) is 0 Å². The zero-order valence-corrected chi connectivity index (χ0v) is 15.0. The van der Waals surface area contributed by atoms with Gasteiger partial charge in [-0.25, -0.2) is 4.79 Å². The molecule has 0 N–H and O–H groups in total. The molecule has 0 bridgehead atoms. The number of benzene rings is 1. The number of hydrogen-bond donors (Lipinski definition) is 0. The van der Waals surface area contributed by atoms with Gasteiger partial charge in [0.1, 0.15) is 11.5 Å². The summed E-state index contributed by atoms with van der Waals surface area (Å²) in [7, 11) is 0. The molecular weight excluding hydrogens is 316 g/mol. The molecule has 25 heavy (non-hydrogen) atoms. The van der Waals surface area contributed by atoms with Crippen molar-refractivity contribution in [2.24, 2.45) is 17.3 Å². The maximum atomic E-state index is 12.4. The molecule has 3 aliphatic rings. The second-order valence-corrected chi connectivity index (χ2v) is 7.98. The van der Waals surface area contributed by atoms with Gasteiger partial charge in [-0.2, -0.15) is 0 Å². The van der Waals surface area contributed by atoms with Gasteiger partial charge in [0.05, 0.1) is 6.61 Å². The minimum atomic E-state index is -0.644. The first-order valence-electron chi connectivity index (χ1n) is 9.53. The van der Waals surface area contributed by atoms with Gasteiger partial charge in [0.15, 0.2) is 0 Å². The quantitative estimate of drug-likeness (QED) is 0.580. The monoisotopic (exact) mass is 342 g/mol. The number of Topliss-reactive ketones (excluding diaryl/α,β-unsaturated/α-hetero) is 1. The third-order valence-electron chi connectivity index (χ3n) is 6.87. The molecule has 3 aliphatic carbocycles. The van der Waals surface area contributed by atoms with Crippen LogP contribution in [-0.2, 0) is 16.0 Å². The summed E-state index contributed by atoms with van der Waals surface area (Å²) in [5.41, 5.74) is 2.61. The minimum Gasteiger partial charge on any atom is -0.434 e. The highest BCUT2D eigenvalue weighted by Gasteiger charge is 2.54. The van der Waals surface area contributed by atoms with Gasteiger partial charge in [0.25, 0.3) is 0 Å². The van der Waals surface area contributed by atoms with Gasteiger partial charge in [-0.1, -0.05) is 13.0 Å². The van der Waals surface area contributed by atoms with Crippen LogP contribution in [0.5, 0.6) is 5.75 Å². The standard InChI is InChI=1S/C21H26O4/c1-3-24-20(23)25-14-5-7-15-13(12-14)4-6-17-16(15)10-11-21(2)18(17)8-9-19(21)22/h5,7,12,16-18H,3-4,6,8-11H2,1-2H3/t16-,17+,18+,21-/m0/s1. The van der Waals surface area contributed by atoms with Crippen molar-refractivity contribution in [3.8, 4) is 5.75 Å². The van der Waals surface area contributed by atoms with E-state index in [1.807, 2.05) is 12.1 Å². The Morgan fingerprint density at radius 3 is 2.88 bits per heavy atom. The summed E-state index contributed by atoms with van der Waals surface area (Å²) < 4.78 is 10.1. The summed E-state index contributed by atoms with van der Waals surface area (Å²) >= 11 is 0. The summed E-state index contributed by atoms with van der Waals surface area (Å²) in [4.78, 5) is 23.9. The maximum absolute atomic E-state index is 12.4. The Bertz CT molecular complexity index is 710. The third-order valence-corrected chi connectivity index (χ3v) is 6.87. The van der Waals surface area contributed by atoms with Crippen LogP contribution < -0.4 is 4.74 Å². The molecular formula is C21H26O4. The molecule has 2 fully saturated rings. The van der Waals surface area contributed by atoms with Crippen molar-refractivity contribution >= 4 is 11.9 Å². The molecule has 1 aromatic rings. The largest absolute Gasteiger partial charge is 0.513 e. The van der Waals surface area contributed by atoms with E-state index in [2.05, 4.69) is 13.0 Å². The second-order valence-electron chi connectivity index (χ2n) is 7.98. The number of fused-ring (bicyclic) bond motifs is 5. The molecule has 4 nitrogen and oxygen atoms in total. The topological polar surface area (TPSA) is 52.6 Å². The van der Waals surface area contributed by atoms with Crippen molar-refractivity contribution in [2.45, 2.75) is 58.3 Å². The zero-order chi connectivity index (χ0) is 17.6. The number of rotatable bonds is 2. The molecule has 0 aliphatic heterocycles. The number of ether oxygens (including phenoxy) is 2. The van der Waals surface area contributed by atoms with Crippen molar-refractivity contribution in [3.05, 3.63) is 29.3 Å². The smallest absolute Gasteiger partial charge is 0.434 e. The van der Waals surface area contributed by atoms with E-state index < -0.39 is 6.16 Å².